The number of rotatable bonds is 9. The van der Waals surface area contributed by atoms with Crippen molar-refractivity contribution in [1.29, 1.82) is 0 Å². The lowest BCUT2D eigenvalue weighted by molar-refractivity contribution is -0.138. The van der Waals surface area contributed by atoms with Crippen molar-refractivity contribution in [2.45, 2.75) is 32.2 Å². The number of aryl methyl sites for hydroxylation is 1. The number of nitrogens with zero attached hydrogens (tertiary/aromatic N) is 1. The van der Waals surface area contributed by atoms with Crippen LogP contribution in [0.25, 0.3) is 0 Å². The lowest BCUT2D eigenvalue weighted by Crippen LogP contribution is -2.47. The van der Waals surface area contributed by atoms with E-state index in [1.807, 2.05) is 24.3 Å². The summed E-state index contributed by atoms with van der Waals surface area (Å²) in [6, 6.07) is 15.3. The molecule has 0 aliphatic rings. The zero-order valence-electron chi connectivity index (χ0n) is 16.9. The molecule has 0 radical (unpaired) electrons. The van der Waals surface area contributed by atoms with Gasteiger partial charge in [0.2, 0.25) is 11.8 Å². The van der Waals surface area contributed by atoms with Gasteiger partial charge in [-0.25, -0.2) is 0 Å². The van der Waals surface area contributed by atoms with Crippen LogP contribution in [-0.2, 0) is 21.9 Å². The molecule has 5 nitrogen and oxygen atoms in total. The number of hydrogen-bond acceptors (Lipinski definition) is 4. The number of hydrogen-bond donors (Lipinski definition) is 1. The Balaban J connectivity index is 2.05. The first-order chi connectivity index (χ1) is 13.4. The number of likely N-dealkylation sites (N-methyl/N-ethyl adjacent to an activating group) is 1. The van der Waals surface area contributed by atoms with Crippen LogP contribution < -0.4 is 10.1 Å². The Hall–Kier alpha value is -2.47. The van der Waals surface area contributed by atoms with Crippen LogP contribution in [0.3, 0.4) is 0 Å². The molecule has 6 heteroatoms. The van der Waals surface area contributed by atoms with Gasteiger partial charge in [-0.15, -0.1) is 11.8 Å². The lowest BCUT2D eigenvalue weighted by Gasteiger charge is -2.28. The van der Waals surface area contributed by atoms with Crippen molar-refractivity contribution in [2.24, 2.45) is 0 Å². The Morgan fingerprint density at radius 2 is 1.86 bits per heavy atom. The Labute approximate surface area is 171 Å². The minimum absolute atomic E-state index is 0.0592. The zero-order chi connectivity index (χ0) is 20.5. The summed E-state index contributed by atoms with van der Waals surface area (Å²) in [5.41, 5.74) is 3.32. The predicted octanol–water partition coefficient (Wildman–Crippen LogP) is 3.40. The van der Waals surface area contributed by atoms with E-state index in [2.05, 4.69) is 36.5 Å². The third-order valence-corrected chi connectivity index (χ3v) is 5.50. The van der Waals surface area contributed by atoms with E-state index in [1.54, 1.807) is 37.7 Å². The molecule has 1 unspecified atom stereocenters. The van der Waals surface area contributed by atoms with Crippen LogP contribution in [0.5, 0.6) is 5.75 Å². The van der Waals surface area contributed by atoms with Crippen molar-refractivity contribution in [1.82, 2.24) is 10.2 Å². The molecule has 0 saturated carbocycles. The monoisotopic (exact) mass is 400 g/mol. The first-order valence-electron chi connectivity index (χ1n) is 9.22. The first kappa shape index (κ1) is 21.8. The van der Waals surface area contributed by atoms with Crippen LogP contribution >= 0.6 is 11.8 Å². The van der Waals surface area contributed by atoms with Crippen LogP contribution in [0.4, 0.5) is 0 Å². The maximum absolute atomic E-state index is 12.9. The summed E-state index contributed by atoms with van der Waals surface area (Å²) in [5.74, 6) is 1.56. The fourth-order valence-corrected chi connectivity index (χ4v) is 3.65. The summed E-state index contributed by atoms with van der Waals surface area (Å²) in [6.45, 7) is 4.16. The molecular formula is C22H28N2O3S. The highest BCUT2D eigenvalue weighted by Crippen LogP contribution is 2.18. The summed E-state index contributed by atoms with van der Waals surface area (Å²) in [4.78, 5) is 26.7. The number of ether oxygens (including phenoxy) is 1. The Kier molecular flexibility index (Phi) is 8.39. The van der Waals surface area contributed by atoms with Crippen LogP contribution in [0.2, 0.25) is 0 Å². The Bertz CT molecular complexity index is 793. The van der Waals surface area contributed by atoms with E-state index in [-0.39, 0.29) is 11.8 Å². The van der Waals surface area contributed by atoms with Gasteiger partial charge in [0, 0.05) is 19.3 Å². The van der Waals surface area contributed by atoms with Gasteiger partial charge in [0.1, 0.15) is 11.8 Å². The maximum atomic E-state index is 12.9. The third kappa shape index (κ3) is 6.30. The highest BCUT2D eigenvalue weighted by Gasteiger charge is 2.25. The predicted molar refractivity (Wildman–Crippen MR) is 114 cm³/mol. The summed E-state index contributed by atoms with van der Waals surface area (Å²) >= 11 is 1.56. The van der Waals surface area contributed by atoms with Gasteiger partial charge in [0.25, 0.3) is 0 Å². The molecule has 2 aromatic rings. The van der Waals surface area contributed by atoms with Gasteiger partial charge in [-0.05, 0) is 37.1 Å². The fourth-order valence-electron chi connectivity index (χ4n) is 2.78. The van der Waals surface area contributed by atoms with Crippen molar-refractivity contribution < 1.29 is 14.3 Å². The summed E-state index contributed by atoms with van der Waals surface area (Å²) in [7, 11) is 3.19. The topological polar surface area (TPSA) is 58.6 Å². The van der Waals surface area contributed by atoms with Gasteiger partial charge in [-0.3, -0.25) is 9.59 Å². The number of nitrogens with one attached hydrogen (secondary N) is 1. The van der Waals surface area contributed by atoms with Gasteiger partial charge in [0.05, 0.1) is 12.9 Å². The van der Waals surface area contributed by atoms with Gasteiger partial charge in [-0.2, -0.15) is 0 Å². The number of amides is 2. The van der Waals surface area contributed by atoms with E-state index >= 15 is 0 Å². The number of carbonyl (C=O) groups excluding carboxylic acids is 2. The van der Waals surface area contributed by atoms with Crippen LogP contribution in [0.1, 0.15) is 23.6 Å². The lowest BCUT2D eigenvalue weighted by atomic mass is 10.1. The average Bonchev–Trinajstić information content (AvgIpc) is 2.72. The minimum Gasteiger partial charge on any atom is -0.497 e. The van der Waals surface area contributed by atoms with Crippen molar-refractivity contribution in [2.75, 3.05) is 19.9 Å². The maximum Gasteiger partial charge on any atom is 0.242 e. The van der Waals surface area contributed by atoms with Gasteiger partial charge in [0.15, 0.2) is 0 Å². The molecule has 0 heterocycles. The van der Waals surface area contributed by atoms with Crippen molar-refractivity contribution >= 4 is 23.6 Å². The molecule has 2 rings (SSSR count). The van der Waals surface area contributed by atoms with Crippen LogP contribution in [0.15, 0.2) is 48.5 Å². The number of benzene rings is 2. The number of carbonyl (C=O) groups is 2. The summed E-state index contributed by atoms with van der Waals surface area (Å²) < 4.78 is 5.26. The summed E-state index contributed by atoms with van der Waals surface area (Å²) in [6.07, 6.45) is 0. The fraction of sp³-hybridized carbons (Fsp3) is 0.364. The normalized spacial score (nSPS) is 11.6. The summed E-state index contributed by atoms with van der Waals surface area (Å²) in [5, 5.41) is 2.63. The molecule has 1 N–H and O–H groups in total. The van der Waals surface area contributed by atoms with Crippen molar-refractivity contribution in [3.8, 4) is 5.75 Å². The Morgan fingerprint density at radius 3 is 2.50 bits per heavy atom. The molecular weight excluding hydrogens is 372 g/mol. The minimum atomic E-state index is -0.552. The second kappa shape index (κ2) is 10.8. The van der Waals surface area contributed by atoms with E-state index < -0.39 is 6.04 Å². The van der Waals surface area contributed by atoms with E-state index in [1.165, 1.54) is 11.1 Å². The largest absolute Gasteiger partial charge is 0.497 e. The van der Waals surface area contributed by atoms with Crippen molar-refractivity contribution in [3.05, 3.63) is 65.2 Å². The van der Waals surface area contributed by atoms with Crippen LogP contribution in [-0.4, -0.2) is 42.7 Å². The highest BCUT2D eigenvalue weighted by atomic mass is 32.2. The molecule has 0 aliphatic carbocycles. The van der Waals surface area contributed by atoms with Crippen molar-refractivity contribution in [3.63, 3.8) is 0 Å². The van der Waals surface area contributed by atoms with E-state index in [0.29, 0.717) is 12.3 Å². The van der Waals surface area contributed by atoms with Crippen LogP contribution in [0, 0.1) is 6.92 Å². The molecule has 0 saturated heterocycles. The molecule has 0 fully saturated rings. The first-order valence-corrected chi connectivity index (χ1v) is 10.4. The molecule has 28 heavy (non-hydrogen) atoms. The third-order valence-electron chi connectivity index (χ3n) is 4.52. The molecule has 0 aliphatic heterocycles. The Morgan fingerprint density at radius 1 is 1.14 bits per heavy atom. The molecule has 1 atom stereocenters. The molecule has 2 amide bonds. The van der Waals surface area contributed by atoms with Gasteiger partial charge in [-0.1, -0.05) is 42.0 Å². The molecule has 150 valence electrons. The molecule has 0 bridgehead atoms. The zero-order valence-corrected chi connectivity index (χ0v) is 17.7. The highest BCUT2D eigenvalue weighted by molar-refractivity contribution is 7.99. The van der Waals surface area contributed by atoms with E-state index in [4.69, 9.17) is 4.74 Å². The van der Waals surface area contributed by atoms with E-state index in [0.717, 1.165) is 17.1 Å². The van der Waals surface area contributed by atoms with E-state index in [9.17, 15) is 9.59 Å². The average molecular weight is 401 g/mol. The molecule has 0 aromatic heterocycles. The standard InChI is InChI=1S/C22H28N2O3S/c1-16-8-10-18(11-9-16)14-28-15-21(25)24(17(2)22(26)23-3)13-19-6-5-7-20(12-19)27-4/h5-12,17H,13-15H2,1-4H3,(H,23,26). The molecule has 0 spiro atoms. The van der Waals surface area contributed by atoms with Gasteiger partial charge >= 0.3 is 0 Å². The number of thioether (sulfide) groups is 1. The smallest absolute Gasteiger partial charge is 0.242 e. The van der Waals surface area contributed by atoms with Gasteiger partial charge < -0.3 is 15.0 Å². The molecule has 2 aromatic carbocycles. The number of methoxy groups -OCH3 is 1. The second-order valence-corrected chi connectivity index (χ2v) is 7.63. The second-order valence-electron chi connectivity index (χ2n) is 6.64. The SMILES string of the molecule is CNC(=O)C(C)N(Cc1cccc(OC)c1)C(=O)CSCc1ccc(C)cc1. The quantitative estimate of drug-likeness (QED) is 0.701.